The van der Waals surface area contributed by atoms with Gasteiger partial charge in [0.05, 0.1) is 25.6 Å². The summed E-state index contributed by atoms with van der Waals surface area (Å²) in [5.41, 5.74) is 22.3. The van der Waals surface area contributed by atoms with E-state index in [1.807, 2.05) is 13.8 Å². The molecule has 24 heavy (non-hydrogen) atoms. The molecule has 0 aromatic heterocycles. The third kappa shape index (κ3) is 5.83. The average molecular weight is 334 g/mol. The van der Waals surface area contributed by atoms with Crippen LogP contribution in [0.5, 0.6) is 11.5 Å². The summed E-state index contributed by atoms with van der Waals surface area (Å²) < 4.78 is 11.3. The van der Waals surface area contributed by atoms with E-state index >= 15 is 0 Å². The van der Waals surface area contributed by atoms with Crippen LogP contribution in [0, 0.1) is 0 Å². The fraction of sp³-hybridized carbons (Fsp3) is 0.286. The second-order valence-electron chi connectivity index (χ2n) is 4.31. The third-order valence-electron chi connectivity index (χ3n) is 2.49. The molecule has 0 bridgehead atoms. The van der Waals surface area contributed by atoms with Crippen molar-refractivity contribution in [2.24, 2.45) is 43.3 Å². The Morgan fingerprint density at radius 3 is 1.50 bits per heavy atom. The molecule has 0 atom stereocenters. The summed E-state index contributed by atoms with van der Waals surface area (Å²) in [6, 6.07) is 3.52. The SMILES string of the molecule is CCOc1c(/C=N/N=C(N)N)ccc(/C=N/N=C(N)N)c1OCC. The van der Waals surface area contributed by atoms with Gasteiger partial charge in [0, 0.05) is 11.1 Å². The molecule has 0 radical (unpaired) electrons. The van der Waals surface area contributed by atoms with E-state index in [4.69, 9.17) is 32.4 Å². The quantitative estimate of drug-likeness (QED) is 0.288. The summed E-state index contributed by atoms with van der Waals surface area (Å²) >= 11 is 0. The van der Waals surface area contributed by atoms with Gasteiger partial charge in [-0.1, -0.05) is 0 Å². The van der Waals surface area contributed by atoms with Crippen molar-refractivity contribution in [3.63, 3.8) is 0 Å². The molecule has 1 aromatic carbocycles. The Morgan fingerprint density at radius 2 is 1.21 bits per heavy atom. The molecule has 0 saturated carbocycles. The van der Waals surface area contributed by atoms with Crippen molar-refractivity contribution in [2.75, 3.05) is 13.2 Å². The van der Waals surface area contributed by atoms with Crippen LogP contribution in [0.2, 0.25) is 0 Å². The molecule has 0 unspecified atom stereocenters. The van der Waals surface area contributed by atoms with Crippen molar-refractivity contribution in [3.05, 3.63) is 23.3 Å². The first-order valence-corrected chi connectivity index (χ1v) is 7.16. The lowest BCUT2D eigenvalue weighted by atomic mass is 10.1. The van der Waals surface area contributed by atoms with E-state index in [-0.39, 0.29) is 11.9 Å². The van der Waals surface area contributed by atoms with E-state index in [1.165, 1.54) is 12.4 Å². The van der Waals surface area contributed by atoms with E-state index in [0.29, 0.717) is 35.8 Å². The summed E-state index contributed by atoms with van der Waals surface area (Å²) in [5.74, 6) is 0.690. The molecule has 0 fully saturated rings. The van der Waals surface area contributed by atoms with E-state index in [9.17, 15) is 0 Å². The molecular formula is C14H22N8O2. The van der Waals surface area contributed by atoms with Crippen molar-refractivity contribution >= 4 is 24.3 Å². The van der Waals surface area contributed by atoms with Crippen LogP contribution in [0.15, 0.2) is 32.5 Å². The maximum Gasteiger partial charge on any atom is 0.211 e. The van der Waals surface area contributed by atoms with Crippen molar-refractivity contribution in [3.8, 4) is 11.5 Å². The highest BCUT2D eigenvalue weighted by molar-refractivity contribution is 5.92. The summed E-state index contributed by atoms with van der Waals surface area (Å²) in [6.07, 6.45) is 2.92. The number of nitrogens with zero attached hydrogens (tertiary/aromatic N) is 4. The highest BCUT2D eigenvalue weighted by Crippen LogP contribution is 2.34. The molecule has 1 aromatic rings. The minimum atomic E-state index is -0.143. The molecule has 1 rings (SSSR count). The summed E-state index contributed by atoms with van der Waals surface area (Å²) in [5, 5.41) is 14.7. The van der Waals surface area contributed by atoms with Crippen molar-refractivity contribution in [1.29, 1.82) is 0 Å². The van der Waals surface area contributed by atoms with E-state index in [0.717, 1.165) is 0 Å². The third-order valence-corrected chi connectivity index (χ3v) is 2.49. The van der Waals surface area contributed by atoms with Crippen LogP contribution in [-0.2, 0) is 0 Å². The minimum absolute atomic E-state index is 0.143. The van der Waals surface area contributed by atoms with Gasteiger partial charge in [-0.25, -0.2) is 0 Å². The number of hydrogen-bond acceptors (Lipinski definition) is 6. The Kier molecular flexibility index (Phi) is 7.55. The van der Waals surface area contributed by atoms with Crippen molar-refractivity contribution < 1.29 is 9.47 Å². The van der Waals surface area contributed by atoms with Gasteiger partial charge in [-0.2, -0.15) is 10.2 Å². The van der Waals surface area contributed by atoms with Crippen LogP contribution in [0.4, 0.5) is 0 Å². The standard InChI is InChI=1S/C14H22N8O2/c1-3-23-11-9(7-19-21-13(15)16)5-6-10(12(11)24-4-2)8-20-22-14(17)18/h5-8H,3-4H2,1-2H3,(H4,15,16,21)(H4,17,18,22)/b19-7+,20-8+. The topological polar surface area (TPSA) is 172 Å². The van der Waals surface area contributed by atoms with Crippen LogP contribution >= 0.6 is 0 Å². The smallest absolute Gasteiger partial charge is 0.211 e. The number of rotatable bonds is 8. The van der Waals surface area contributed by atoms with Crippen molar-refractivity contribution in [1.82, 2.24) is 0 Å². The van der Waals surface area contributed by atoms with Crippen LogP contribution in [0.3, 0.4) is 0 Å². The molecule has 0 saturated heterocycles. The molecule has 8 N–H and O–H groups in total. The van der Waals surface area contributed by atoms with Crippen molar-refractivity contribution in [2.45, 2.75) is 13.8 Å². The van der Waals surface area contributed by atoms with E-state index in [1.54, 1.807) is 12.1 Å². The number of ether oxygens (including phenoxy) is 2. The first kappa shape index (κ1) is 18.7. The van der Waals surface area contributed by atoms with E-state index in [2.05, 4.69) is 20.4 Å². The van der Waals surface area contributed by atoms with Gasteiger partial charge >= 0.3 is 0 Å². The van der Waals surface area contributed by atoms with Crippen LogP contribution in [0.1, 0.15) is 25.0 Å². The lowest BCUT2D eigenvalue weighted by Crippen LogP contribution is -2.21. The second kappa shape index (κ2) is 9.66. The maximum atomic E-state index is 5.67. The zero-order valence-corrected chi connectivity index (χ0v) is 13.6. The summed E-state index contributed by atoms with van der Waals surface area (Å²) in [4.78, 5) is 0. The Hall–Kier alpha value is -3.30. The Labute approximate surface area is 139 Å². The fourth-order valence-corrected chi connectivity index (χ4v) is 1.70. The van der Waals surface area contributed by atoms with Gasteiger partial charge in [0.15, 0.2) is 11.5 Å². The predicted octanol–water partition coefficient (Wildman–Crippen LogP) is -0.301. The summed E-state index contributed by atoms with van der Waals surface area (Å²) in [6.45, 7) is 4.56. The van der Waals surface area contributed by atoms with Gasteiger partial charge in [-0.05, 0) is 26.0 Å². The van der Waals surface area contributed by atoms with Crippen LogP contribution < -0.4 is 32.4 Å². The molecule has 0 heterocycles. The zero-order valence-electron chi connectivity index (χ0n) is 13.6. The molecule has 0 aliphatic rings. The number of nitrogens with two attached hydrogens (primary N) is 4. The maximum absolute atomic E-state index is 5.67. The number of guanidine groups is 2. The van der Waals surface area contributed by atoms with Gasteiger partial charge in [0.25, 0.3) is 0 Å². The normalized spacial score (nSPS) is 10.8. The fourth-order valence-electron chi connectivity index (χ4n) is 1.70. The summed E-state index contributed by atoms with van der Waals surface area (Å²) in [7, 11) is 0. The molecule has 0 aliphatic heterocycles. The van der Waals surface area contributed by atoms with Gasteiger partial charge in [0.1, 0.15) is 0 Å². The Bertz CT molecular complexity index is 602. The van der Waals surface area contributed by atoms with E-state index < -0.39 is 0 Å². The van der Waals surface area contributed by atoms with Gasteiger partial charge in [0.2, 0.25) is 11.9 Å². The van der Waals surface area contributed by atoms with Crippen LogP contribution in [0.25, 0.3) is 0 Å². The van der Waals surface area contributed by atoms with Crippen LogP contribution in [-0.4, -0.2) is 37.6 Å². The predicted molar refractivity (Wildman–Crippen MR) is 95.6 cm³/mol. The average Bonchev–Trinajstić information content (AvgIpc) is 2.51. The second-order valence-corrected chi connectivity index (χ2v) is 4.31. The highest BCUT2D eigenvalue weighted by atomic mass is 16.5. The van der Waals surface area contributed by atoms with Gasteiger partial charge in [-0.15, -0.1) is 10.2 Å². The molecule has 10 heteroatoms. The Morgan fingerprint density at radius 1 is 0.833 bits per heavy atom. The first-order chi connectivity index (χ1) is 11.5. The highest BCUT2D eigenvalue weighted by Gasteiger charge is 2.14. The lowest BCUT2D eigenvalue weighted by Gasteiger charge is -2.15. The monoisotopic (exact) mass is 334 g/mol. The zero-order chi connectivity index (χ0) is 17.9. The molecule has 0 spiro atoms. The largest absolute Gasteiger partial charge is 0.489 e. The number of benzene rings is 1. The molecular weight excluding hydrogens is 312 g/mol. The lowest BCUT2D eigenvalue weighted by molar-refractivity contribution is 0.287. The minimum Gasteiger partial charge on any atom is -0.489 e. The Balaban J connectivity index is 3.35. The molecule has 130 valence electrons. The first-order valence-electron chi connectivity index (χ1n) is 7.16. The van der Waals surface area contributed by atoms with Gasteiger partial charge < -0.3 is 32.4 Å². The van der Waals surface area contributed by atoms with Gasteiger partial charge in [-0.3, -0.25) is 0 Å². The molecule has 10 nitrogen and oxygen atoms in total. The number of hydrogen-bond donors (Lipinski definition) is 4. The molecule has 0 amide bonds. The molecule has 0 aliphatic carbocycles.